The van der Waals surface area contributed by atoms with Crippen molar-refractivity contribution in [2.24, 2.45) is 0 Å². The fourth-order valence-corrected chi connectivity index (χ4v) is 1.99. The molecule has 0 atom stereocenters. The monoisotopic (exact) mass is 254 g/mol. The van der Waals surface area contributed by atoms with Crippen molar-refractivity contribution in [3.05, 3.63) is 28.1 Å². The molecular formula is C10H11BrN2O. The number of rotatable bonds is 2. The van der Waals surface area contributed by atoms with Crippen LogP contribution in [0.15, 0.2) is 21.0 Å². The van der Waals surface area contributed by atoms with E-state index in [-0.39, 0.29) is 0 Å². The van der Waals surface area contributed by atoms with Gasteiger partial charge in [-0.05, 0) is 31.7 Å². The summed E-state index contributed by atoms with van der Waals surface area (Å²) in [5, 5.41) is 3.01. The molecule has 0 saturated heterocycles. The average molecular weight is 255 g/mol. The van der Waals surface area contributed by atoms with Crippen LogP contribution in [-0.2, 0) is 6.54 Å². The zero-order valence-electron chi connectivity index (χ0n) is 8.10. The van der Waals surface area contributed by atoms with E-state index in [0.717, 1.165) is 27.0 Å². The van der Waals surface area contributed by atoms with E-state index in [1.165, 1.54) is 0 Å². The van der Waals surface area contributed by atoms with Crippen molar-refractivity contribution >= 4 is 27.0 Å². The molecule has 0 unspecified atom stereocenters. The quantitative estimate of drug-likeness (QED) is 0.896. The van der Waals surface area contributed by atoms with E-state index in [0.29, 0.717) is 6.54 Å². The molecule has 0 aliphatic heterocycles. The fraction of sp³-hybridized carbons (Fsp3) is 0.300. The van der Waals surface area contributed by atoms with Crippen molar-refractivity contribution in [3.63, 3.8) is 0 Å². The topological polar surface area (TPSA) is 38.1 Å². The average Bonchev–Trinajstić information content (AvgIpc) is 2.48. The molecule has 4 heteroatoms. The van der Waals surface area contributed by atoms with Crippen LogP contribution < -0.4 is 5.32 Å². The van der Waals surface area contributed by atoms with Crippen LogP contribution in [0, 0.1) is 6.92 Å². The summed E-state index contributed by atoms with van der Waals surface area (Å²) >= 11 is 3.43. The van der Waals surface area contributed by atoms with Crippen LogP contribution in [-0.4, -0.2) is 12.0 Å². The Kier molecular flexibility index (Phi) is 2.56. The van der Waals surface area contributed by atoms with Crippen LogP contribution in [0.2, 0.25) is 0 Å². The van der Waals surface area contributed by atoms with Crippen molar-refractivity contribution in [2.45, 2.75) is 13.5 Å². The van der Waals surface area contributed by atoms with E-state index < -0.39 is 0 Å². The Balaban J connectivity index is 2.58. The van der Waals surface area contributed by atoms with E-state index in [2.05, 4.69) is 26.2 Å². The zero-order valence-corrected chi connectivity index (χ0v) is 9.68. The van der Waals surface area contributed by atoms with Crippen molar-refractivity contribution in [3.8, 4) is 0 Å². The van der Waals surface area contributed by atoms with Crippen LogP contribution >= 0.6 is 15.9 Å². The van der Waals surface area contributed by atoms with Gasteiger partial charge in [-0.15, -0.1) is 0 Å². The lowest BCUT2D eigenvalue weighted by molar-refractivity contribution is 0.510. The molecular weight excluding hydrogens is 244 g/mol. The molecule has 3 nitrogen and oxygen atoms in total. The molecule has 0 fully saturated rings. The van der Waals surface area contributed by atoms with Gasteiger partial charge in [0.1, 0.15) is 5.52 Å². The highest BCUT2D eigenvalue weighted by molar-refractivity contribution is 9.10. The minimum absolute atomic E-state index is 0.658. The van der Waals surface area contributed by atoms with Gasteiger partial charge in [-0.25, -0.2) is 4.98 Å². The first-order valence-corrected chi connectivity index (χ1v) is 5.20. The summed E-state index contributed by atoms with van der Waals surface area (Å²) in [6.45, 7) is 2.67. The number of aryl methyl sites for hydroxylation is 1. The maximum atomic E-state index is 5.60. The first kappa shape index (κ1) is 9.68. The third kappa shape index (κ3) is 1.67. The highest BCUT2D eigenvalue weighted by atomic mass is 79.9. The summed E-state index contributed by atoms with van der Waals surface area (Å²) in [6, 6.07) is 3.99. The molecule has 1 aromatic heterocycles. The number of halogens is 1. The minimum atomic E-state index is 0.658. The minimum Gasteiger partial charge on any atom is -0.439 e. The van der Waals surface area contributed by atoms with Crippen LogP contribution in [0.3, 0.4) is 0 Å². The molecule has 0 spiro atoms. The van der Waals surface area contributed by atoms with E-state index in [4.69, 9.17) is 4.42 Å². The zero-order chi connectivity index (χ0) is 10.1. The lowest BCUT2D eigenvalue weighted by Gasteiger charge is -1.93. The van der Waals surface area contributed by atoms with Crippen molar-refractivity contribution < 1.29 is 4.42 Å². The molecule has 0 saturated carbocycles. The number of hydrogen-bond acceptors (Lipinski definition) is 3. The van der Waals surface area contributed by atoms with Crippen LogP contribution in [0.5, 0.6) is 0 Å². The largest absolute Gasteiger partial charge is 0.439 e. The molecule has 1 N–H and O–H groups in total. The molecule has 0 aliphatic carbocycles. The van der Waals surface area contributed by atoms with Gasteiger partial charge in [0.15, 0.2) is 5.58 Å². The van der Waals surface area contributed by atoms with Crippen LogP contribution in [0.1, 0.15) is 11.5 Å². The Morgan fingerprint density at radius 3 is 3.00 bits per heavy atom. The van der Waals surface area contributed by atoms with Gasteiger partial charge in [-0.1, -0.05) is 15.9 Å². The molecule has 0 radical (unpaired) electrons. The number of fused-ring (bicyclic) bond motifs is 1. The molecule has 0 amide bonds. The lowest BCUT2D eigenvalue weighted by Crippen LogP contribution is -2.04. The Morgan fingerprint density at radius 1 is 1.50 bits per heavy atom. The van der Waals surface area contributed by atoms with E-state index >= 15 is 0 Å². The number of nitrogens with zero attached hydrogens (tertiary/aromatic N) is 1. The SMILES string of the molecule is CNCc1nc2cc(Br)cc(C)c2o1. The molecule has 2 aromatic rings. The fourth-order valence-electron chi connectivity index (χ4n) is 1.43. The van der Waals surface area contributed by atoms with Gasteiger partial charge < -0.3 is 9.73 Å². The molecule has 1 heterocycles. The summed E-state index contributed by atoms with van der Waals surface area (Å²) < 4.78 is 6.63. The van der Waals surface area contributed by atoms with Crippen LogP contribution in [0.4, 0.5) is 0 Å². The Morgan fingerprint density at radius 2 is 2.29 bits per heavy atom. The number of hydrogen-bond donors (Lipinski definition) is 1. The van der Waals surface area contributed by atoms with Crippen molar-refractivity contribution in [1.29, 1.82) is 0 Å². The second kappa shape index (κ2) is 3.71. The smallest absolute Gasteiger partial charge is 0.209 e. The maximum absolute atomic E-state index is 5.60. The van der Waals surface area contributed by atoms with Gasteiger partial charge in [0, 0.05) is 4.47 Å². The summed E-state index contributed by atoms with van der Waals surface area (Å²) in [6.07, 6.45) is 0. The van der Waals surface area contributed by atoms with Gasteiger partial charge >= 0.3 is 0 Å². The Bertz CT molecular complexity index is 464. The maximum Gasteiger partial charge on any atom is 0.209 e. The van der Waals surface area contributed by atoms with Gasteiger partial charge in [0.25, 0.3) is 0 Å². The number of aromatic nitrogens is 1. The van der Waals surface area contributed by atoms with Crippen LogP contribution in [0.25, 0.3) is 11.1 Å². The Labute approximate surface area is 90.6 Å². The van der Waals surface area contributed by atoms with Gasteiger partial charge in [-0.2, -0.15) is 0 Å². The first-order valence-electron chi connectivity index (χ1n) is 4.41. The third-order valence-corrected chi connectivity index (χ3v) is 2.47. The highest BCUT2D eigenvalue weighted by Gasteiger charge is 2.07. The normalized spacial score (nSPS) is 11.1. The summed E-state index contributed by atoms with van der Waals surface area (Å²) in [5.41, 5.74) is 2.88. The van der Waals surface area contributed by atoms with Crippen molar-refractivity contribution in [1.82, 2.24) is 10.3 Å². The molecule has 2 rings (SSSR count). The third-order valence-electron chi connectivity index (χ3n) is 2.01. The summed E-state index contributed by atoms with van der Waals surface area (Å²) in [4.78, 5) is 4.36. The predicted octanol–water partition coefficient (Wildman–Crippen LogP) is 2.62. The second-order valence-corrected chi connectivity index (χ2v) is 4.12. The number of nitrogens with one attached hydrogen (secondary N) is 1. The van der Waals surface area contributed by atoms with E-state index in [1.807, 2.05) is 26.1 Å². The number of oxazole rings is 1. The molecule has 14 heavy (non-hydrogen) atoms. The second-order valence-electron chi connectivity index (χ2n) is 3.21. The predicted molar refractivity (Wildman–Crippen MR) is 59.2 cm³/mol. The first-order chi connectivity index (χ1) is 6.70. The van der Waals surface area contributed by atoms with Gasteiger partial charge in [0.05, 0.1) is 6.54 Å². The molecule has 0 bridgehead atoms. The van der Waals surface area contributed by atoms with E-state index in [9.17, 15) is 0 Å². The Hall–Kier alpha value is -0.870. The van der Waals surface area contributed by atoms with Gasteiger partial charge in [-0.3, -0.25) is 0 Å². The summed E-state index contributed by atoms with van der Waals surface area (Å²) in [7, 11) is 1.87. The standard InChI is InChI=1S/C10H11BrN2O/c1-6-3-7(11)4-8-10(6)14-9(13-8)5-12-2/h3-4,12H,5H2,1-2H3. The van der Waals surface area contributed by atoms with E-state index in [1.54, 1.807) is 0 Å². The molecule has 74 valence electrons. The summed E-state index contributed by atoms with van der Waals surface area (Å²) in [5.74, 6) is 0.726. The highest BCUT2D eigenvalue weighted by Crippen LogP contribution is 2.24. The lowest BCUT2D eigenvalue weighted by atomic mass is 10.2. The number of benzene rings is 1. The van der Waals surface area contributed by atoms with Crippen molar-refractivity contribution in [2.75, 3.05) is 7.05 Å². The molecule has 1 aromatic carbocycles. The molecule has 0 aliphatic rings. The van der Waals surface area contributed by atoms with Gasteiger partial charge in [0.2, 0.25) is 5.89 Å².